The Morgan fingerprint density at radius 1 is 1.50 bits per heavy atom. The molecule has 0 spiro atoms. The molecule has 0 aromatic rings. The molecule has 12 heavy (non-hydrogen) atoms. The molecule has 0 saturated heterocycles. The second-order valence-corrected chi connectivity index (χ2v) is 2.79. The summed E-state index contributed by atoms with van der Waals surface area (Å²) >= 11 is 0. The maximum atomic E-state index is 4.00. The second kappa shape index (κ2) is 5.64. The average molecular weight is 165 g/mol. The highest BCUT2D eigenvalue weighted by Crippen LogP contribution is 2.13. The molecule has 0 heterocycles. The molecule has 0 atom stereocenters. The van der Waals surface area contributed by atoms with Gasteiger partial charge in [0, 0.05) is 18.4 Å². The topological polar surface area (TPSA) is 3.24 Å². The van der Waals surface area contributed by atoms with Crippen LogP contribution < -0.4 is 0 Å². The van der Waals surface area contributed by atoms with Crippen LogP contribution in [-0.4, -0.2) is 11.9 Å². The van der Waals surface area contributed by atoms with Gasteiger partial charge in [-0.15, -0.1) is 0 Å². The van der Waals surface area contributed by atoms with Crippen LogP contribution in [0.25, 0.3) is 0 Å². The van der Waals surface area contributed by atoms with E-state index in [-0.39, 0.29) is 0 Å². The first-order valence-corrected chi connectivity index (χ1v) is 4.37. The molecule has 0 aromatic heterocycles. The average Bonchev–Trinajstić information content (AvgIpc) is 2.07. The lowest BCUT2D eigenvalue weighted by Crippen LogP contribution is -2.14. The number of likely N-dealkylation sites (N-methyl/N-ethyl adjacent to an activating group) is 1. The molecule has 0 unspecified atom stereocenters. The fourth-order valence-electron chi connectivity index (χ4n) is 1.09. The van der Waals surface area contributed by atoms with Gasteiger partial charge in [-0.2, -0.15) is 0 Å². The predicted octanol–water partition coefficient (Wildman–Crippen LogP) is 3.32. The summed E-state index contributed by atoms with van der Waals surface area (Å²) in [4.78, 5) is 2.08. The van der Waals surface area contributed by atoms with Gasteiger partial charge in [0.05, 0.1) is 0 Å². The Kier molecular flexibility index (Phi) is 5.18. The largest absolute Gasteiger partial charge is 0.349 e. The molecule has 0 fully saturated rings. The predicted molar refractivity (Wildman–Crippen MR) is 55.8 cm³/mol. The number of allylic oxidation sites excluding steroid dienone is 3. The van der Waals surface area contributed by atoms with Crippen molar-refractivity contribution in [1.82, 2.24) is 4.90 Å². The minimum Gasteiger partial charge on any atom is -0.349 e. The van der Waals surface area contributed by atoms with Gasteiger partial charge in [0.1, 0.15) is 0 Å². The van der Waals surface area contributed by atoms with E-state index >= 15 is 0 Å². The van der Waals surface area contributed by atoms with E-state index in [4.69, 9.17) is 0 Å². The molecule has 0 saturated carbocycles. The zero-order valence-corrected chi connectivity index (χ0v) is 8.43. The summed E-state index contributed by atoms with van der Waals surface area (Å²) in [5, 5.41) is 0. The molecule has 0 N–H and O–H groups in total. The Morgan fingerprint density at radius 3 is 2.42 bits per heavy atom. The van der Waals surface area contributed by atoms with Crippen LogP contribution >= 0.6 is 0 Å². The van der Waals surface area contributed by atoms with E-state index < -0.39 is 0 Å². The third-order valence-electron chi connectivity index (χ3n) is 1.91. The molecule has 0 aromatic carbocycles. The van der Waals surface area contributed by atoms with Crippen molar-refractivity contribution in [2.24, 2.45) is 0 Å². The Bertz CT molecular complexity index is 189. The van der Waals surface area contributed by atoms with Crippen LogP contribution in [0.4, 0.5) is 0 Å². The van der Waals surface area contributed by atoms with Crippen LogP contribution in [0.15, 0.2) is 36.7 Å². The minimum atomic E-state index is 1.04. The smallest absolute Gasteiger partial charge is 0.0356 e. The molecule has 0 aliphatic carbocycles. The van der Waals surface area contributed by atoms with Crippen molar-refractivity contribution in [3.63, 3.8) is 0 Å². The van der Waals surface area contributed by atoms with Crippen LogP contribution in [-0.2, 0) is 0 Å². The maximum absolute atomic E-state index is 4.00. The number of hydrogen-bond donors (Lipinski definition) is 0. The molecule has 0 aliphatic rings. The lowest BCUT2D eigenvalue weighted by atomic mass is 10.2. The molecule has 0 rings (SSSR count). The highest BCUT2D eigenvalue weighted by atomic mass is 15.1. The van der Waals surface area contributed by atoms with Gasteiger partial charge in [-0.25, -0.2) is 0 Å². The highest BCUT2D eigenvalue weighted by Gasteiger charge is 2.02. The summed E-state index contributed by atoms with van der Waals surface area (Å²) < 4.78 is 0. The van der Waals surface area contributed by atoms with Crippen molar-refractivity contribution in [1.29, 1.82) is 0 Å². The highest BCUT2D eigenvalue weighted by molar-refractivity contribution is 5.18. The zero-order chi connectivity index (χ0) is 9.56. The van der Waals surface area contributed by atoms with Crippen molar-refractivity contribution in [3.8, 4) is 0 Å². The van der Waals surface area contributed by atoms with Crippen molar-refractivity contribution in [3.05, 3.63) is 36.7 Å². The van der Waals surface area contributed by atoms with Crippen LogP contribution in [0.5, 0.6) is 0 Å². The summed E-state index contributed by atoms with van der Waals surface area (Å²) in [6, 6.07) is 0. The fraction of sp³-hybridized carbons (Fsp3) is 0.455. The van der Waals surface area contributed by atoms with E-state index in [1.165, 1.54) is 0 Å². The van der Waals surface area contributed by atoms with Crippen LogP contribution in [0.2, 0.25) is 0 Å². The normalized spacial score (nSPS) is 11.1. The third-order valence-corrected chi connectivity index (χ3v) is 1.91. The molecule has 0 radical (unpaired) electrons. The standard InChI is InChI=1S/C11H19N/c1-6-9-10(4)12(5)11(7-2)8-3/h7-8H,2,4,6,9H2,1,3,5H3/b11-8+. The van der Waals surface area contributed by atoms with Gasteiger partial charge in [-0.05, 0) is 19.4 Å². The van der Waals surface area contributed by atoms with Gasteiger partial charge in [-0.3, -0.25) is 0 Å². The summed E-state index contributed by atoms with van der Waals surface area (Å²) in [6.45, 7) is 11.9. The van der Waals surface area contributed by atoms with Gasteiger partial charge < -0.3 is 4.90 Å². The Balaban J connectivity index is 4.26. The first-order chi connectivity index (χ1) is 5.67. The Labute approximate surface area is 76.1 Å². The summed E-state index contributed by atoms with van der Waals surface area (Å²) in [7, 11) is 2.02. The number of hydrogen-bond acceptors (Lipinski definition) is 1. The van der Waals surface area contributed by atoms with E-state index in [0.717, 1.165) is 24.2 Å². The molecular weight excluding hydrogens is 146 g/mol. The summed E-state index contributed by atoms with van der Waals surface area (Å²) in [5.74, 6) is 0. The molecule has 0 aliphatic heterocycles. The van der Waals surface area contributed by atoms with E-state index in [1.807, 2.05) is 26.1 Å². The van der Waals surface area contributed by atoms with Crippen molar-refractivity contribution >= 4 is 0 Å². The minimum absolute atomic E-state index is 1.04. The third kappa shape index (κ3) is 2.95. The molecule has 0 amide bonds. The first kappa shape index (κ1) is 11.0. The zero-order valence-electron chi connectivity index (χ0n) is 8.43. The fourth-order valence-corrected chi connectivity index (χ4v) is 1.09. The van der Waals surface area contributed by atoms with Crippen molar-refractivity contribution in [2.75, 3.05) is 7.05 Å². The molecular formula is C11H19N. The van der Waals surface area contributed by atoms with Crippen molar-refractivity contribution < 1.29 is 0 Å². The number of nitrogens with zero attached hydrogens (tertiary/aromatic N) is 1. The van der Waals surface area contributed by atoms with Gasteiger partial charge in [0.25, 0.3) is 0 Å². The monoisotopic (exact) mass is 165 g/mol. The van der Waals surface area contributed by atoms with E-state index in [0.29, 0.717) is 0 Å². The maximum Gasteiger partial charge on any atom is 0.0356 e. The number of rotatable bonds is 5. The molecule has 68 valence electrons. The van der Waals surface area contributed by atoms with Crippen molar-refractivity contribution in [2.45, 2.75) is 26.7 Å². The Hall–Kier alpha value is -0.980. The second-order valence-electron chi connectivity index (χ2n) is 2.79. The lowest BCUT2D eigenvalue weighted by Gasteiger charge is -2.22. The summed E-state index contributed by atoms with van der Waals surface area (Å²) in [6.07, 6.45) is 6.06. The van der Waals surface area contributed by atoms with Crippen LogP contribution in [0.3, 0.4) is 0 Å². The van der Waals surface area contributed by atoms with E-state index in [2.05, 4.69) is 25.0 Å². The van der Waals surface area contributed by atoms with Crippen LogP contribution in [0.1, 0.15) is 26.7 Å². The Morgan fingerprint density at radius 2 is 2.08 bits per heavy atom. The van der Waals surface area contributed by atoms with E-state index in [1.54, 1.807) is 0 Å². The lowest BCUT2D eigenvalue weighted by molar-refractivity contribution is 0.508. The van der Waals surface area contributed by atoms with Gasteiger partial charge in [0.2, 0.25) is 0 Å². The van der Waals surface area contributed by atoms with Gasteiger partial charge in [0.15, 0.2) is 0 Å². The van der Waals surface area contributed by atoms with E-state index in [9.17, 15) is 0 Å². The van der Waals surface area contributed by atoms with Gasteiger partial charge >= 0.3 is 0 Å². The first-order valence-electron chi connectivity index (χ1n) is 4.37. The quantitative estimate of drug-likeness (QED) is 0.565. The van der Waals surface area contributed by atoms with Crippen LogP contribution in [0, 0.1) is 0 Å². The molecule has 0 bridgehead atoms. The SMILES string of the molecule is C=C/C(=C\C)N(C)C(=C)CCC. The summed E-state index contributed by atoms with van der Waals surface area (Å²) in [5.41, 5.74) is 2.26. The molecule has 1 nitrogen and oxygen atoms in total. The van der Waals surface area contributed by atoms with Gasteiger partial charge in [-0.1, -0.05) is 32.6 Å². The molecule has 1 heteroatoms.